The highest BCUT2D eigenvalue weighted by Gasteiger charge is 2.32. The van der Waals surface area contributed by atoms with Gasteiger partial charge in [0.2, 0.25) is 5.00 Å². The third-order valence-corrected chi connectivity index (χ3v) is 3.24. The summed E-state index contributed by atoms with van der Waals surface area (Å²) < 4.78 is 33.8. The lowest BCUT2D eigenvalue weighted by Gasteiger charge is -2.14. The molecule has 0 aliphatic rings. The van der Waals surface area contributed by atoms with Crippen LogP contribution in [0.1, 0.15) is 20.3 Å². The van der Waals surface area contributed by atoms with Gasteiger partial charge in [-0.3, -0.25) is 0 Å². The van der Waals surface area contributed by atoms with Gasteiger partial charge in [-0.05, 0) is 13.3 Å². The molecule has 4 heteroatoms. The van der Waals surface area contributed by atoms with Gasteiger partial charge in [0.1, 0.15) is 0 Å². The summed E-state index contributed by atoms with van der Waals surface area (Å²) in [5.74, 6) is 0. The van der Waals surface area contributed by atoms with Crippen LogP contribution in [-0.4, -0.2) is 19.7 Å². The molecule has 0 aromatic rings. The largest absolute Gasteiger partial charge is 0.227 e. The first-order chi connectivity index (χ1) is 3.81. The lowest BCUT2D eigenvalue weighted by Crippen LogP contribution is -2.27. The topological polar surface area (TPSA) is 34.1 Å². The minimum Gasteiger partial charge on any atom is -0.227 e. The Morgan fingerprint density at radius 3 is 1.89 bits per heavy atom. The van der Waals surface area contributed by atoms with Crippen molar-refractivity contribution in [3.05, 3.63) is 0 Å². The van der Waals surface area contributed by atoms with Crippen LogP contribution < -0.4 is 0 Å². The van der Waals surface area contributed by atoms with Crippen molar-refractivity contribution in [3.63, 3.8) is 0 Å². The van der Waals surface area contributed by atoms with E-state index in [-0.39, 0.29) is 6.42 Å². The van der Waals surface area contributed by atoms with Crippen molar-refractivity contribution in [1.82, 2.24) is 0 Å². The second-order valence-corrected chi connectivity index (χ2v) is 4.62. The van der Waals surface area contributed by atoms with E-state index in [0.29, 0.717) is 0 Å². The van der Waals surface area contributed by atoms with E-state index in [4.69, 9.17) is 0 Å². The molecule has 0 radical (unpaired) electrons. The highest BCUT2D eigenvalue weighted by atomic mass is 32.2. The molecular weight excluding hydrogens is 143 g/mol. The highest BCUT2D eigenvalue weighted by molar-refractivity contribution is 7.91. The van der Waals surface area contributed by atoms with E-state index >= 15 is 0 Å². The van der Waals surface area contributed by atoms with Crippen LogP contribution in [0.3, 0.4) is 0 Å². The summed E-state index contributed by atoms with van der Waals surface area (Å²) in [7, 11) is -3.52. The van der Waals surface area contributed by atoms with Crippen LogP contribution >= 0.6 is 0 Å². The molecule has 0 saturated heterocycles. The fourth-order valence-electron chi connectivity index (χ4n) is 0.262. The van der Waals surface area contributed by atoms with Crippen LogP contribution in [0.4, 0.5) is 4.39 Å². The van der Waals surface area contributed by atoms with Gasteiger partial charge in [-0.1, -0.05) is 6.92 Å². The number of sulfone groups is 1. The second-order valence-electron chi connectivity index (χ2n) is 2.23. The first kappa shape index (κ1) is 8.88. The molecule has 1 unspecified atom stereocenters. The Kier molecular flexibility index (Phi) is 2.22. The van der Waals surface area contributed by atoms with Gasteiger partial charge in [0.05, 0.1) is 0 Å². The van der Waals surface area contributed by atoms with E-state index < -0.39 is 14.8 Å². The Balaban J connectivity index is 4.56. The van der Waals surface area contributed by atoms with Crippen LogP contribution in [0.25, 0.3) is 0 Å². The van der Waals surface area contributed by atoms with Gasteiger partial charge in [-0.25, -0.2) is 12.8 Å². The monoisotopic (exact) mass is 154 g/mol. The normalized spacial score (nSPS) is 19.1. The van der Waals surface area contributed by atoms with E-state index in [9.17, 15) is 12.8 Å². The van der Waals surface area contributed by atoms with Crippen molar-refractivity contribution in [3.8, 4) is 0 Å². The van der Waals surface area contributed by atoms with Crippen molar-refractivity contribution >= 4 is 9.84 Å². The molecule has 0 aromatic heterocycles. The first-order valence-corrected chi connectivity index (χ1v) is 4.59. The van der Waals surface area contributed by atoms with E-state index in [0.717, 1.165) is 13.2 Å². The van der Waals surface area contributed by atoms with Gasteiger partial charge in [0.25, 0.3) is 0 Å². The maximum Gasteiger partial charge on any atom is 0.207 e. The zero-order valence-corrected chi connectivity index (χ0v) is 6.63. The average molecular weight is 154 g/mol. The van der Waals surface area contributed by atoms with Crippen LogP contribution in [0, 0.1) is 0 Å². The molecule has 0 amide bonds. The Hall–Kier alpha value is -0.120. The molecule has 0 aliphatic heterocycles. The van der Waals surface area contributed by atoms with Crippen molar-refractivity contribution in [2.24, 2.45) is 0 Å². The van der Waals surface area contributed by atoms with E-state index in [1.54, 1.807) is 0 Å². The molecule has 2 nitrogen and oxygen atoms in total. The van der Waals surface area contributed by atoms with E-state index in [1.165, 1.54) is 6.92 Å². The SMILES string of the molecule is CCC(C)(F)S(C)(=O)=O. The van der Waals surface area contributed by atoms with E-state index in [1.807, 2.05) is 0 Å². The summed E-state index contributed by atoms with van der Waals surface area (Å²) in [5, 5.41) is -2.05. The molecule has 0 spiro atoms. The molecule has 0 fully saturated rings. The molecule has 0 heterocycles. The zero-order valence-electron chi connectivity index (χ0n) is 5.81. The number of rotatable bonds is 2. The van der Waals surface area contributed by atoms with Gasteiger partial charge in [-0.2, -0.15) is 0 Å². The predicted molar refractivity (Wildman–Crippen MR) is 34.6 cm³/mol. The smallest absolute Gasteiger partial charge is 0.207 e. The molecule has 0 aliphatic carbocycles. The first-order valence-electron chi connectivity index (χ1n) is 2.70. The molecule has 0 bridgehead atoms. The second kappa shape index (κ2) is 2.25. The molecule has 1 atom stereocenters. The van der Waals surface area contributed by atoms with Gasteiger partial charge >= 0.3 is 0 Å². The summed E-state index contributed by atoms with van der Waals surface area (Å²) in [6.07, 6.45) is 0.905. The molecule has 0 N–H and O–H groups in total. The molecule has 0 aromatic carbocycles. The highest BCUT2D eigenvalue weighted by Crippen LogP contribution is 2.20. The minimum absolute atomic E-state index is 0.00579. The summed E-state index contributed by atoms with van der Waals surface area (Å²) in [6.45, 7) is 2.57. The van der Waals surface area contributed by atoms with Gasteiger partial charge in [0, 0.05) is 6.26 Å². The zero-order chi connectivity index (χ0) is 7.71. The Labute approximate surface area is 55.0 Å². The maximum atomic E-state index is 12.7. The van der Waals surface area contributed by atoms with Crippen molar-refractivity contribution < 1.29 is 12.8 Å². The number of alkyl halides is 1. The summed E-state index contributed by atoms with van der Waals surface area (Å²) >= 11 is 0. The molecule has 0 rings (SSSR count). The average Bonchev–Trinajstić information content (AvgIpc) is 1.64. The fourth-order valence-corrected chi connectivity index (χ4v) is 0.787. The fraction of sp³-hybridized carbons (Fsp3) is 1.00. The van der Waals surface area contributed by atoms with Crippen LogP contribution in [0.5, 0.6) is 0 Å². The third kappa shape index (κ3) is 1.93. The molecular formula is C5H11FO2S. The summed E-state index contributed by atoms with van der Waals surface area (Å²) in [4.78, 5) is 0. The van der Waals surface area contributed by atoms with Crippen molar-refractivity contribution in [2.75, 3.05) is 6.26 Å². The van der Waals surface area contributed by atoms with Crippen LogP contribution in [0.2, 0.25) is 0 Å². The standard InChI is InChI=1S/C5H11FO2S/c1-4-5(2,6)9(3,7)8/h4H2,1-3H3. The van der Waals surface area contributed by atoms with Gasteiger partial charge in [-0.15, -0.1) is 0 Å². The predicted octanol–water partition coefficient (Wildman–Crippen LogP) is 1.13. The van der Waals surface area contributed by atoms with Crippen molar-refractivity contribution in [1.29, 1.82) is 0 Å². The van der Waals surface area contributed by atoms with Crippen LogP contribution in [0.15, 0.2) is 0 Å². The lowest BCUT2D eigenvalue weighted by atomic mass is 10.3. The quantitative estimate of drug-likeness (QED) is 0.597. The number of halogens is 1. The molecule has 9 heavy (non-hydrogen) atoms. The lowest BCUT2D eigenvalue weighted by molar-refractivity contribution is 0.285. The summed E-state index contributed by atoms with van der Waals surface area (Å²) in [6, 6.07) is 0. The Morgan fingerprint density at radius 2 is 1.89 bits per heavy atom. The van der Waals surface area contributed by atoms with Crippen molar-refractivity contribution in [2.45, 2.75) is 25.3 Å². The number of hydrogen-bond acceptors (Lipinski definition) is 2. The van der Waals surface area contributed by atoms with E-state index in [2.05, 4.69) is 0 Å². The third-order valence-electron chi connectivity index (χ3n) is 1.40. The maximum absolute atomic E-state index is 12.7. The summed E-state index contributed by atoms with van der Waals surface area (Å²) in [5.41, 5.74) is 0. The van der Waals surface area contributed by atoms with Crippen LogP contribution in [-0.2, 0) is 9.84 Å². The number of hydrogen-bond donors (Lipinski definition) is 0. The van der Waals surface area contributed by atoms with Gasteiger partial charge in [0.15, 0.2) is 9.84 Å². The minimum atomic E-state index is -3.52. The molecule has 56 valence electrons. The Bertz CT molecular complexity index is 181. The Morgan fingerprint density at radius 1 is 1.56 bits per heavy atom. The molecule has 0 saturated carbocycles. The van der Waals surface area contributed by atoms with Gasteiger partial charge < -0.3 is 0 Å².